The number of ether oxygens (including phenoxy) is 2. The van der Waals surface area contributed by atoms with Crippen molar-refractivity contribution >= 4 is 11.9 Å². The van der Waals surface area contributed by atoms with E-state index < -0.39 is 5.97 Å². The minimum Gasteiger partial charge on any atom is -0.462 e. The van der Waals surface area contributed by atoms with Gasteiger partial charge in [-0.05, 0) is 37.3 Å². The standard InChI is InChI=1S/C35H60O4/c1-4-7-10-13-16-17-18-21-23-29-38-34(36)32-28-25-27-31(26-22-19-14-11-8-5-2)33(32)35(37)39-30-24-20-15-12-9-6-3/h25,27-28H,4-24,26,29-30H2,1-3H3. The van der Waals surface area contributed by atoms with Crippen molar-refractivity contribution in [2.45, 2.75) is 162 Å². The van der Waals surface area contributed by atoms with Gasteiger partial charge >= 0.3 is 11.9 Å². The Kier molecular flexibility index (Phi) is 22.7. The molecule has 224 valence electrons. The van der Waals surface area contributed by atoms with Crippen molar-refractivity contribution in [3.05, 3.63) is 34.9 Å². The molecule has 0 aromatic heterocycles. The molecule has 0 radical (unpaired) electrons. The smallest absolute Gasteiger partial charge is 0.339 e. The molecule has 0 saturated carbocycles. The summed E-state index contributed by atoms with van der Waals surface area (Å²) in [6.07, 6.45) is 25.7. The zero-order valence-corrected chi connectivity index (χ0v) is 25.8. The average Bonchev–Trinajstić information content (AvgIpc) is 2.95. The molecule has 4 nitrogen and oxygen atoms in total. The summed E-state index contributed by atoms with van der Waals surface area (Å²) in [5, 5.41) is 0. The largest absolute Gasteiger partial charge is 0.462 e. The summed E-state index contributed by atoms with van der Waals surface area (Å²) >= 11 is 0. The molecule has 0 unspecified atom stereocenters. The van der Waals surface area contributed by atoms with Gasteiger partial charge in [0, 0.05) is 0 Å². The minimum absolute atomic E-state index is 0.363. The van der Waals surface area contributed by atoms with Gasteiger partial charge in [-0.1, -0.05) is 148 Å². The van der Waals surface area contributed by atoms with Gasteiger partial charge in [0.15, 0.2) is 0 Å². The molecule has 39 heavy (non-hydrogen) atoms. The van der Waals surface area contributed by atoms with Crippen LogP contribution in [0.4, 0.5) is 0 Å². The van der Waals surface area contributed by atoms with Crippen molar-refractivity contribution in [2.24, 2.45) is 0 Å². The van der Waals surface area contributed by atoms with E-state index in [0.717, 1.165) is 50.5 Å². The molecule has 0 fully saturated rings. The van der Waals surface area contributed by atoms with Crippen LogP contribution in [0.2, 0.25) is 0 Å². The lowest BCUT2D eigenvalue weighted by molar-refractivity contribution is 0.0449. The minimum atomic E-state index is -0.397. The van der Waals surface area contributed by atoms with Crippen molar-refractivity contribution in [1.29, 1.82) is 0 Å². The topological polar surface area (TPSA) is 52.6 Å². The van der Waals surface area contributed by atoms with Crippen LogP contribution in [0.1, 0.15) is 182 Å². The lowest BCUT2D eigenvalue weighted by atomic mass is 9.96. The summed E-state index contributed by atoms with van der Waals surface area (Å²) in [6.45, 7) is 7.49. The van der Waals surface area contributed by atoms with Gasteiger partial charge in [-0.3, -0.25) is 0 Å². The Balaban J connectivity index is 2.63. The zero-order valence-electron chi connectivity index (χ0n) is 25.8. The fourth-order valence-electron chi connectivity index (χ4n) is 5.09. The third kappa shape index (κ3) is 17.5. The first kappa shape index (κ1) is 35.2. The quantitative estimate of drug-likeness (QED) is 0.0859. The first-order valence-corrected chi connectivity index (χ1v) is 16.6. The third-order valence-electron chi connectivity index (χ3n) is 7.59. The highest BCUT2D eigenvalue weighted by Crippen LogP contribution is 2.21. The van der Waals surface area contributed by atoms with E-state index in [4.69, 9.17) is 9.47 Å². The van der Waals surface area contributed by atoms with E-state index in [9.17, 15) is 9.59 Å². The second-order valence-electron chi connectivity index (χ2n) is 11.2. The van der Waals surface area contributed by atoms with Crippen molar-refractivity contribution < 1.29 is 19.1 Å². The van der Waals surface area contributed by atoms with Gasteiger partial charge in [-0.2, -0.15) is 0 Å². The SMILES string of the molecule is CCCCCCCCCCCOC(=O)c1cccc(CCCCCCCC)c1C(=O)OCCCCCCCC. The maximum atomic E-state index is 13.2. The normalized spacial score (nSPS) is 11.1. The number of carbonyl (C=O) groups excluding carboxylic acids is 2. The molecule has 0 saturated heterocycles. The van der Waals surface area contributed by atoms with Crippen LogP contribution in [0.15, 0.2) is 18.2 Å². The Bertz CT molecular complexity index is 742. The van der Waals surface area contributed by atoms with E-state index in [1.165, 1.54) is 96.3 Å². The number of unbranched alkanes of at least 4 members (excludes halogenated alkanes) is 18. The summed E-state index contributed by atoms with van der Waals surface area (Å²) in [7, 11) is 0. The Morgan fingerprint density at radius 3 is 1.41 bits per heavy atom. The molecule has 1 aromatic rings. The first-order chi connectivity index (χ1) is 19.2. The fourth-order valence-corrected chi connectivity index (χ4v) is 5.09. The average molecular weight is 545 g/mol. The van der Waals surface area contributed by atoms with E-state index in [-0.39, 0.29) is 5.97 Å². The second kappa shape index (κ2) is 25.1. The van der Waals surface area contributed by atoms with Crippen LogP contribution in [0.5, 0.6) is 0 Å². The molecule has 1 rings (SSSR count). The maximum Gasteiger partial charge on any atom is 0.339 e. The van der Waals surface area contributed by atoms with Gasteiger partial charge in [-0.25, -0.2) is 9.59 Å². The van der Waals surface area contributed by atoms with Crippen molar-refractivity contribution in [1.82, 2.24) is 0 Å². The monoisotopic (exact) mass is 544 g/mol. The van der Waals surface area contributed by atoms with Crippen LogP contribution in [-0.2, 0) is 15.9 Å². The highest BCUT2D eigenvalue weighted by molar-refractivity contribution is 6.04. The summed E-state index contributed by atoms with van der Waals surface area (Å²) in [6, 6.07) is 5.58. The summed E-state index contributed by atoms with van der Waals surface area (Å²) < 4.78 is 11.3. The highest BCUT2D eigenvalue weighted by atomic mass is 16.5. The molecule has 0 aliphatic carbocycles. The molecule has 4 heteroatoms. The third-order valence-corrected chi connectivity index (χ3v) is 7.59. The van der Waals surface area contributed by atoms with Gasteiger partial charge in [-0.15, -0.1) is 0 Å². The van der Waals surface area contributed by atoms with Crippen molar-refractivity contribution in [2.75, 3.05) is 13.2 Å². The second-order valence-corrected chi connectivity index (χ2v) is 11.2. The summed E-state index contributed by atoms with van der Waals surface area (Å²) in [5.74, 6) is -0.772. The molecular formula is C35H60O4. The van der Waals surface area contributed by atoms with Crippen LogP contribution in [0.25, 0.3) is 0 Å². The zero-order chi connectivity index (χ0) is 28.4. The van der Waals surface area contributed by atoms with Gasteiger partial charge in [0.25, 0.3) is 0 Å². The molecule has 0 bridgehead atoms. The number of esters is 2. The molecule has 0 atom stereocenters. The van der Waals surface area contributed by atoms with E-state index in [1.54, 1.807) is 6.07 Å². The van der Waals surface area contributed by atoms with Crippen LogP contribution >= 0.6 is 0 Å². The number of hydrogen-bond donors (Lipinski definition) is 0. The number of benzene rings is 1. The lowest BCUT2D eigenvalue weighted by Crippen LogP contribution is -2.17. The Morgan fingerprint density at radius 1 is 0.513 bits per heavy atom. The Labute approximate surface area is 241 Å². The maximum absolute atomic E-state index is 13.2. The van der Waals surface area contributed by atoms with Gasteiger partial charge in [0.2, 0.25) is 0 Å². The van der Waals surface area contributed by atoms with Gasteiger partial charge < -0.3 is 9.47 Å². The van der Waals surface area contributed by atoms with E-state index in [0.29, 0.717) is 24.3 Å². The van der Waals surface area contributed by atoms with E-state index in [1.807, 2.05) is 12.1 Å². The number of rotatable bonds is 26. The molecule has 0 spiro atoms. The summed E-state index contributed by atoms with van der Waals surface area (Å²) in [4.78, 5) is 26.3. The molecule has 0 amide bonds. The van der Waals surface area contributed by atoms with Gasteiger partial charge in [0.05, 0.1) is 24.3 Å². The lowest BCUT2D eigenvalue weighted by Gasteiger charge is -2.14. The van der Waals surface area contributed by atoms with E-state index in [2.05, 4.69) is 20.8 Å². The molecule has 1 aromatic carbocycles. The predicted octanol–water partition coefficient (Wildman–Crippen LogP) is 10.8. The van der Waals surface area contributed by atoms with Crippen molar-refractivity contribution in [3.8, 4) is 0 Å². The molecule has 0 N–H and O–H groups in total. The fraction of sp³-hybridized carbons (Fsp3) is 0.771. The number of carbonyl (C=O) groups is 2. The van der Waals surface area contributed by atoms with Crippen LogP contribution in [0.3, 0.4) is 0 Å². The van der Waals surface area contributed by atoms with Crippen LogP contribution in [0, 0.1) is 0 Å². The molecule has 0 aliphatic heterocycles. The number of aryl methyl sites for hydroxylation is 1. The highest BCUT2D eigenvalue weighted by Gasteiger charge is 2.23. The molecular weight excluding hydrogens is 484 g/mol. The van der Waals surface area contributed by atoms with E-state index >= 15 is 0 Å². The Morgan fingerprint density at radius 2 is 0.923 bits per heavy atom. The summed E-state index contributed by atoms with van der Waals surface area (Å²) in [5.41, 5.74) is 1.70. The van der Waals surface area contributed by atoms with Gasteiger partial charge in [0.1, 0.15) is 0 Å². The predicted molar refractivity (Wildman–Crippen MR) is 165 cm³/mol. The van der Waals surface area contributed by atoms with Crippen LogP contribution in [-0.4, -0.2) is 25.2 Å². The molecule has 0 aliphatic rings. The number of hydrogen-bond acceptors (Lipinski definition) is 4. The Hall–Kier alpha value is -1.84. The van der Waals surface area contributed by atoms with Crippen LogP contribution < -0.4 is 0 Å². The van der Waals surface area contributed by atoms with Crippen molar-refractivity contribution in [3.63, 3.8) is 0 Å². The first-order valence-electron chi connectivity index (χ1n) is 16.6. The molecule has 0 heterocycles.